The van der Waals surface area contributed by atoms with Crippen molar-refractivity contribution in [1.82, 2.24) is 4.90 Å². The van der Waals surface area contributed by atoms with Gasteiger partial charge in [-0.25, -0.2) is 4.79 Å². The molecule has 0 atom stereocenters. The minimum atomic E-state index is -0.0648. The number of carbonyl (C=O) groups is 1. The molecular formula is C19H33NO2. The van der Waals surface area contributed by atoms with Crippen molar-refractivity contribution in [2.45, 2.75) is 90.1 Å². The van der Waals surface area contributed by atoms with Gasteiger partial charge in [-0.05, 0) is 50.9 Å². The van der Waals surface area contributed by atoms with Crippen LogP contribution in [0.5, 0.6) is 0 Å². The van der Waals surface area contributed by atoms with Gasteiger partial charge in [0.1, 0.15) is 0 Å². The van der Waals surface area contributed by atoms with Crippen LogP contribution in [-0.4, -0.2) is 29.7 Å². The molecule has 0 aliphatic heterocycles. The van der Waals surface area contributed by atoms with Crippen LogP contribution in [0.15, 0.2) is 12.2 Å². The molecule has 3 heteroatoms. The molecule has 0 N–H and O–H groups in total. The lowest BCUT2D eigenvalue weighted by molar-refractivity contribution is 0.0464. The van der Waals surface area contributed by atoms with Crippen molar-refractivity contribution in [1.29, 1.82) is 0 Å². The normalized spacial score (nSPS) is 21.1. The molecule has 2 aliphatic carbocycles. The summed E-state index contributed by atoms with van der Waals surface area (Å²) < 4.78 is 5.61. The number of allylic oxidation sites excluding steroid dienone is 1. The molecular weight excluding hydrogens is 274 g/mol. The largest absolute Gasteiger partial charge is 0.449 e. The van der Waals surface area contributed by atoms with Crippen LogP contribution in [0.3, 0.4) is 0 Å². The lowest BCUT2D eigenvalue weighted by Crippen LogP contribution is -2.49. The van der Waals surface area contributed by atoms with Crippen LogP contribution in [0.1, 0.15) is 78.1 Å². The fourth-order valence-corrected chi connectivity index (χ4v) is 3.70. The molecule has 3 nitrogen and oxygen atoms in total. The van der Waals surface area contributed by atoms with E-state index >= 15 is 0 Å². The number of ether oxygens (including phenoxy) is 1. The van der Waals surface area contributed by atoms with E-state index in [0.717, 1.165) is 44.9 Å². The third-order valence-electron chi connectivity index (χ3n) is 5.16. The van der Waals surface area contributed by atoms with Crippen LogP contribution < -0.4 is 0 Å². The first-order chi connectivity index (χ1) is 10.6. The van der Waals surface area contributed by atoms with E-state index in [1.807, 2.05) is 0 Å². The van der Waals surface area contributed by atoms with Crippen molar-refractivity contribution in [2.75, 3.05) is 6.61 Å². The summed E-state index contributed by atoms with van der Waals surface area (Å²) in [6.45, 7) is 8.99. The first-order valence-corrected chi connectivity index (χ1v) is 9.19. The molecule has 0 aromatic carbocycles. The van der Waals surface area contributed by atoms with Crippen LogP contribution >= 0.6 is 0 Å². The van der Waals surface area contributed by atoms with E-state index in [1.165, 1.54) is 24.8 Å². The molecule has 0 aromatic rings. The Morgan fingerprint density at radius 2 is 1.73 bits per heavy atom. The lowest BCUT2D eigenvalue weighted by Gasteiger charge is -2.41. The molecule has 0 spiro atoms. The quantitative estimate of drug-likeness (QED) is 0.645. The SMILES string of the molecule is C=C1CCC(N(C(=O)OCCC(C)C)C2CCCCC2)CC1. The van der Waals surface area contributed by atoms with Crippen molar-refractivity contribution in [3.63, 3.8) is 0 Å². The van der Waals surface area contributed by atoms with Gasteiger partial charge in [-0.2, -0.15) is 0 Å². The van der Waals surface area contributed by atoms with Crippen LogP contribution in [0.2, 0.25) is 0 Å². The van der Waals surface area contributed by atoms with Crippen molar-refractivity contribution < 1.29 is 9.53 Å². The maximum Gasteiger partial charge on any atom is 0.410 e. The molecule has 22 heavy (non-hydrogen) atoms. The van der Waals surface area contributed by atoms with Gasteiger partial charge < -0.3 is 9.64 Å². The van der Waals surface area contributed by atoms with Crippen LogP contribution in [0.25, 0.3) is 0 Å². The second-order valence-corrected chi connectivity index (χ2v) is 7.48. The van der Waals surface area contributed by atoms with E-state index in [2.05, 4.69) is 25.3 Å². The van der Waals surface area contributed by atoms with E-state index < -0.39 is 0 Å². The Balaban J connectivity index is 1.97. The molecule has 0 unspecified atom stereocenters. The Morgan fingerprint density at radius 1 is 1.14 bits per heavy atom. The molecule has 126 valence electrons. The third-order valence-corrected chi connectivity index (χ3v) is 5.16. The van der Waals surface area contributed by atoms with Crippen molar-refractivity contribution in [2.24, 2.45) is 5.92 Å². The topological polar surface area (TPSA) is 29.5 Å². The molecule has 2 aliphatic rings. The number of amides is 1. The summed E-state index contributed by atoms with van der Waals surface area (Å²) in [7, 11) is 0. The Hall–Kier alpha value is -0.990. The number of nitrogens with zero attached hydrogens (tertiary/aromatic N) is 1. The Kier molecular flexibility index (Phi) is 6.78. The van der Waals surface area contributed by atoms with Crippen molar-refractivity contribution in [3.05, 3.63) is 12.2 Å². The fourth-order valence-electron chi connectivity index (χ4n) is 3.70. The molecule has 2 fully saturated rings. The summed E-state index contributed by atoms with van der Waals surface area (Å²) in [4.78, 5) is 14.8. The van der Waals surface area contributed by atoms with Gasteiger partial charge in [0.15, 0.2) is 0 Å². The second kappa shape index (κ2) is 8.59. The van der Waals surface area contributed by atoms with Crippen molar-refractivity contribution in [3.8, 4) is 0 Å². The summed E-state index contributed by atoms with van der Waals surface area (Å²) in [5.74, 6) is 0.578. The van der Waals surface area contributed by atoms with Gasteiger partial charge in [0, 0.05) is 12.1 Å². The molecule has 1 amide bonds. The van der Waals surface area contributed by atoms with Gasteiger partial charge in [0.2, 0.25) is 0 Å². The zero-order valence-electron chi connectivity index (χ0n) is 14.5. The Labute approximate surface area is 136 Å². The zero-order chi connectivity index (χ0) is 15.9. The van der Waals surface area contributed by atoms with Gasteiger partial charge in [-0.1, -0.05) is 45.3 Å². The maximum atomic E-state index is 12.7. The summed E-state index contributed by atoms with van der Waals surface area (Å²) in [6, 6.07) is 0.761. The molecule has 0 aromatic heterocycles. The highest BCUT2D eigenvalue weighted by atomic mass is 16.6. The molecule has 0 radical (unpaired) electrons. The molecule has 2 rings (SSSR count). The van der Waals surface area contributed by atoms with Gasteiger partial charge in [-0.3, -0.25) is 0 Å². The van der Waals surface area contributed by atoms with E-state index in [4.69, 9.17) is 4.74 Å². The zero-order valence-corrected chi connectivity index (χ0v) is 14.5. The van der Waals surface area contributed by atoms with Gasteiger partial charge in [0.25, 0.3) is 0 Å². The van der Waals surface area contributed by atoms with Crippen LogP contribution in [0, 0.1) is 5.92 Å². The summed E-state index contributed by atoms with van der Waals surface area (Å²) in [6.07, 6.45) is 11.3. The smallest absolute Gasteiger partial charge is 0.410 e. The number of carbonyl (C=O) groups excluding carboxylic acids is 1. The van der Waals surface area contributed by atoms with Crippen LogP contribution in [-0.2, 0) is 4.74 Å². The monoisotopic (exact) mass is 307 g/mol. The second-order valence-electron chi connectivity index (χ2n) is 7.48. The molecule has 0 heterocycles. The van der Waals surface area contributed by atoms with Gasteiger partial charge in [-0.15, -0.1) is 0 Å². The first-order valence-electron chi connectivity index (χ1n) is 9.19. The highest BCUT2D eigenvalue weighted by Gasteiger charge is 2.33. The third kappa shape index (κ3) is 5.03. The number of rotatable bonds is 5. The minimum Gasteiger partial charge on any atom is -0.449 e. The standard InChI is InChI=1S/C19H33NO2/c1-15(2)13-14-22-19(21)20(17-7-5-4-6-8-17)18-11-9-16(3)10-12-18/h15,17-18H,3-14H2,1-2H3. The summed E-state index contributed by atoms with van der Waals surface area (Å²) in [5.41, 5.74) is 1.34. The lowest BCUT2D eigenvalue weighted by atomic mass is 9.87. The predicted molar refractivity (Wildman–Crippen MR) is 90.9 cm³/mol. The van der Waals surface area contributed by atoms with Gasteiger partial charge in [0.05, 0.1) is 6.61 Å². The molecule has 2 saturated carbocycles. The van der Waals surface area contributed by atoms with E-state index in [-0.39, 0.29) is 6.09 Å². The first kappa shape index (κ1) is 17.4. The average molecular weight is 307 g/mol. The molecule has 0 saturated heterocycles. The fraction of sp³-hybridized carbons (Fsp3) is 0.842. The van der Waals surface area contributed by atoms with Gasteiger partial charge >= 0.3 is 6.09 Å². The number of hydrogen-bond acceptors (Lipinski definition) is 2. The highest BCUT2D eigenvalue weighted by molar-refractivity contribution is 5.68. The summed E-state index contributed by atoms with van der Waals surface area (Å²) >= 11 is 0. The summed E-state index contributed by atoms with van der Waals surface area (Å²) in [5, 5.41) is 0. The van der Waals surface area contributed by atoms with E-state index in [9.17, 15) is 4.79 Å². The Bertz CT molecular complexity index is 362. The van der Waals surface area contributed by atoms with Crippen molar-refractivity contribution >= 4 is 6.09 Å². The average Bonchev–Trinajstić information content (AvgIpc) is 2.50. The Morgan fingerprint density at radius 3 is 2.32 bits per heavy atom. The van der Waals surface area contributed by atoms with Crippen LogP contribution in [0.4, 0.5) is 4.79 Å². The highest BCUT2D eigenvalue weighted by Crippen LogP contribution is 2.32. The van der Waals surface area contributed by atoms with E-state index in [0.29, 0.717) is 24.6 Å². The molecule has 0 bridgehead atoms. The minimum absolute atomic E-state index is 0.0648. The maximum absolute atomic E-state index is 12.7. The number of hydrogen-bond donors (Lipinski definition) is 0. The van der Waals surface area contributed by atoms with E-state index in [1.54, 1.807) is 0 Å². The predicted octanol–water partition coefficient (Wildman–Crippen LogP) is 5.30.